The van der Waals surface area contributed by atoms with E-state index in [1.807, 2.05) is 13.8 Å². The molecular weight excluding hydrogens is 439 g/mol. The van der Waals surface area contributed by atoms with Crippen molar-refractivity contribution in [2.75, 3.05) is 11.9 Å². The highest BCUT2D eigenvalue weighted by atomic mass is 35.5. The van der Waals surface area contributed by atoms with Crippen molar-refractivity contribution in [3.63, 3.8) is 0 Å². The largest absolute Gasteiger partial charge is 0.325 e. The number of amides is 1. The molecular formula is C23H22ClFN2O3S. The van der Waals surface area contributed by atoms with E-state index in [1.165, 1.54) is 30.3 Å². The number of hydrogen-bond acceptors (Lipinski definition) is 3. The molecule has 0 spiro atoms. The summed E-state index contributed by atoms with van der Waals surface area (Å²) in [4.78, 5) is 12.7. The number of rotatable bonds is 7. The first-order valence-corrected chi connectivity index (χ1v) is 11.3. The SMILES string of the molecule is Cc1ccc(S(=O)(=O)N(CC(=O)Nc2ccc(C)c(Cl)c2)Cc2ccccc2F)cc1. The number of sulfonamides is 1. The first-order chi connectivity index (χ1) is 14.7. The zero-order valence-corrected chi connectivity index (χ0v) is 18.7. The van der Waals surface area contributed by atoms with Crippen molar-refractivity contribution in [2.24, 2.45) is 0 Å². The van der Waals surface area contributed by atoms with Gasteiger partial charge in [0.2, 0.25) is 15.9 Å². The standard InChI is InChI=1S/C23H22ClFN2O3S/c1-16-7-11-20(12-8-16)31(29,30)27(14-18-5-3-4-6-22(18)25)15-23(28)26-19-10-9-17(2)21(24)13-19/h3-13H,14-15H2,1-2H3,(H,26,28). The van der Waals surface area contributed by atoms with E-state index in [1.54, 1.807) is 36.4 Å². The van der Waals surface area contributed by atoms with Gasteiger partial charge in [0.15, 0.2) is 0 Å². The zero-order chi connectivity index (χ0) is 22.6. The number of carbonyl (C=O) groups excluding carboxylic acids is 1. The van der Waals surface area contributed by atoms with Gasteiger partial charge >= 0.3 is 0 Å². The Bertz CT molecular complexity index is 1200. The monoisotopic (exact) mass is 460 g/mol. The lowest BCUT2D eigenvalue weighted by molar-refractivity contribution is -0.116. The number of anilines is 1. The summed E-state index contributed by atoms with van der Waals surface area (Å²) < 4.78 is 41.7. The maximum absolute atomic E-state index is 14.2. The number of hydrogen-bond donors (Lipinski definition) is 1. The topological polar surface area (TPSA) is 66.5 Å². The third-order valence-corrected chi connectivity index (χ3v) is 6.95. The van der Waals surface area contributed by atoms with Crippen LogP contribution in [-0.2, 0) is 21.4 Å². The lowest BCUT2D eigenvalue weighted by Gasteiger charge is -2.22. The number of nitrogens with one attached hydrogen (secondary N) is 1. The van der Waals surface area contributed by atoms with Crippen LogP contribution in [0.1, 0.15) is 16.7 Å². The Balaban J connectivity index is 1.89. The highest BCUT2D eigenvalue weighted by Gasteiger charge is 2.27. The van der Waals surface area contributed by atoms with Crippen molar-refractivity contribution in [1.82, 2.24) is 4.31 Å². The van der Waals surface area contributed by atoms with Crippen LogP contribution in [-0.4, -0.2) is 25.2 Å². The zero-order valence-electron chi connectivity index (χ0n) is 17.1. The molecule has 1 amide bonds. The van der Waals surface area contributed by atoms with Crippen molar-refractivity contribution in [3.05, 3.63) is 94.3 Å². The Morgan fingerprint density at radius 2 is 1.71 bits per heavy atom. The van der Waals surface area contributed by atoms with Crippen LogP contribution < -0.4 is 5.32 Å². The molecule has 0 bridgehead atoms. The van der Waals surface area contributed by atoms with Gasteiger partial charge in [0, 0.05) is 22.8 Å². The smallest absolute Gasteiger partial charge is 0.243 e. The maximum Gasteiger partial charge on any atom is 0.243 e. The molecule has 8 heteroatoms. The third kappa shape index (κ3) is 5.70. The van der Waals surface area contributed by atoms with Gasteiger partial charge in [-0.2, -0.15) is 4.31 Å². The number of halogens is 2. The Morgan fingerprint density at radius 3 is 2.35 bits per heavy atom. The van der Waals surface area contributed by atoms with Gasteiger partial charge in [-0.1, -0.05) is 53.6 Å². The van der Waals surface area contributed by atoms with Gasteiger partial charge in [0.1, 0.15) is 5.82 Å². The summed E-state index contributed by atoms with van der Waals surface area (Å²) in [5.41, 5.74) is 2.36. The number of carbonyl (C=O) groups is 1. The van der Waals surface area contributed by atoms with E-state index in [2.05, 4.69) is 5.32 Å². The van der Waals surface area contributed by atoms with Crippen molar-refractivity contribution in [1.29, 1.82) is 0 Å². The Hall–Kier alpha value is -2.74. The van der Waals surface area contributed by atoms with Gasteiger partial charge in [-0.25, -0.2) is 12.8 Å². The summed E-state index contributed by atoms with van der Waals surface area (Å²) >= 11 is 6.09. The fourth-order valence-corrected chi connectivity index (χ4v) is 4.49. The fraction of sp³-hybridized carbons (Fsp3) is 0.174. The van der Waals surface area contributed by atoms with Crippen LogP contribution in [0.4, 0.5) is 10.1 Å². The van der Waals surface area contributed by atoms with Crippen molar-refractivity contribution in [2.45, 2.75) is 25.3 Å². The second-order valence-electron chi connectivity index (χ2n) is 7.19. The third-order valence-electron chi connectivity index (χ3n) is 4.74. The van der Waals surface area contributed by atoms with Gasteiger partial charge in [-0.05, 0) is 49.7 Å². The number of aryl methyl sites for hydroxylation is 2. The van der Waals surface area contributed by atoms with Crippen molar-refractivity contribution >= 4 is 33.2 Å². The summed E-state index contributed by atoms with van der Waals surface area (Å²) in [5.74, 6) is -1.11. The van der Waals surface area contributed by atoms with Gasteiger partial charge in [0.05, 0.1) is 11.4 Å². The van der Waals surface area contributed by atoms with Crippen LogP contribution in [0.15, 0.2) is 71.6 Å². The summed E-state index contributed by atoms with van der Waals surface area (Å²) in [6, 6.07) is 17.2. The predicted molar refractivity (Wildman–Crippen MR) is 120 cm³/mol. The molecule has 3 rings (SSSR count). The minimum atomic E-state index is -4.06. The number of nitrogens with zero attached hydrogens (tertiary/aromatic N) is 1. The minimum absolute atomic E-state index is 0.0284. The summed E-state index contributed by atoms with van der Waals surface area (Å²) in [6.45, 7) is 2.90. The molecule has 0 fully saturated rings. The Kier molecular flexibility index (Phi) is 7.10. The van der Waals surface area contributed by atoms with E-state index < -0.39 is 28.3 Å². The van der Waals surface area contributed by atoms with E-state index >= 15 is 0 Å². The van der Waals surface area contributed by atoms with Crippen molar-refractivity contribution in [3.8, 4) is 0 Å². The lowest BCUT2D eigenvalue weighted by Crippen LogP contribution is -2.37. The first-order valence-electron chi connectivity index (χ1n) is 9.53. The van der Waals surface area contributed by atoms with Crippen molar-refractivity contribution < 1.29 is 17.6 Å². The molecule has 31 heavy (non-hydrogen) atoms. The molecule has 0 saturated carbocycles. The van der Waals surface area contributed by atoms with Crippen LogP contribution in [0.25, 0.3) is 0 Å². The first kappa shape index (κ1) is 22.9. The van der Waals surface area contributed by atoms with E-state index in [0.717, 1.165) is 15.4 Å². The van der Waals surface area contributed by atoms with E-state index in [0.29, 0.717) is 10.7 Å². The van der Waals surface area contributed by atoms with Crippen LogP contribution in [0.2, 0.25) is 5.02 Å². The van der Waals surface area contributed by atoms with E-state index in [9.17, 15) is 17.6 Å². The predicted octanol–water partition coefficient (Wildman–Crippen LogP) is 4.93. The molecule has 0 aliphatic carbocycles. The maximum atomic E-state index is 14.2. The molecule has 0 unspecified atom stereocenters. The van der Waals surface area contributed by atoms with Gasteiger partial charge in [-0.3, -0.25) is 4.79 Å². The van der Waals surface area contributed by atoms with Crippen LogP contribution in [0, 0.1) is 19.7 Å². The molecule has 0 saturated heterocycles. The minimum Gasteiger partial charge on any atom is -0.325 e. The molecule has 3 aromatic carbocycles. The summed E-state index contributed by atoms with van der Waals surface area (Å²) in [7, 11) is -4.06. The Morgan fingerprint density at radius 1 is 1.03 bits per heavy atom. The quantitative estimate of drug-likeness (QED) is 0.544. The second kappa shape index (κ2) is 9.60. The highest BCUT2D eigenvalue weighted by Crippen LogP contribution is 2.22. The fourth-order valence-electron chi connectivity index (χ4n) is 2.93. The molecule has 1 N–H and O–H groups in total. The molecule has 0 aliphatic rings. The van der Waals surface area contributed by atoms with Crippen LogP contribution >= 0.6 is 11.6 Å². The molecule has 0 heterocycles. The summed E-state index contributed by atoms with van der Waals surface area (Å²) in [5, 5.41) is 3.13. The molecule has 5 nitrogen and oxygen atoms in total. The van der Waals surface area contributed by atoms with E-state index in [-0.39, 0.29) is 17.0 Å². The van der Waals surface area contributed by atoms with Gasteiger partial charge < -0.3 is 5.32 Å². The summed E-state index contributed by atoms with van der Waals surface area (Å²) in [6.07, 6.45) is 0. The Labute approximate surface area is 186 Å². The van der Waals surface area contributed by atoms with Crippen LogP contribution in [0.3, 0.4) is 0 Å². The normalized spacial score (nSPS) is 11.5. The average molecular weight is 461 g/mol. The number of benzene rings is 3. The molecule has 162 valence electrons. The average Bonchev–Trinajstić information content (AvgIpc) is 2.72. The van der Waals surface area contributed by atoms with E-state index in [4.69, 9.17) is 11.6 Å². The van der Waals surface area contributed by atoms with Gasteiger partial charge in [0.25, 0.3) is 0 Å². The molecule has 0 atom stereocenters. The molecule has 0 aliphatic heterocycles. The lowest BCUT2D eigenvalue weighted by atomic mass is 10.2. The van der Waals surface area contributed by atoms with Gasteiger partial charge in [-0.15, -0.1) is 0 Å². The molecule has 3 aromatic rings. The van der Waals surface area contributed by atoms with Crippen LogP contribution in [0.5, 0.6) is 0 Å². The second-order valence-corrected chi connectivity index (χ2v) is 9.53. The molecule has 0 radical (unpaired) electrons. The molecule has 0 aromatic heterocycles. The highest BCUT2D eigenvalue weighted by molar-refractivity contribution is 7.89.